The second kappa shape index (κ2) is 4.49. The molecule has 0 aromatic rings. The average molecular weight is 235 g/mol. The Morgan fingerprint density at radius 3 is 2.47 bits per heavy atom. The van der Waals surface area contributed by atoms with E-state index < -0.39 is 22.0 Å². The Labute approximate surface area is 89.8 Å². The minimum Gasteiger partial charge on any atom is -0.390 e. The Hall–Kier alpha value is -0.620. The third-order valence-electron chi connectivity index (χ3n) is 2.26. The van der Waals surface area contributed by atoms with Gasteiger partial charge >= 0.3 is 0 Å². The van der Waals surface area contributed by atoms with Gasteiger partial charge in [0, 0.05) is 6.42 Å². The third kappa shape index (κ3) is 3.79. The molecule has 1 rings (SSSR count). The average Bonchev–Trinajstić information content (AvgIpc) is 2.22. The number of aliphatic hydroxyl groups is 1. The van der Waals surface area contributed by atoms with Crippen LogP contribution in [0.1, 0.15) is 20.3 Å². The Morgan fingerprint density at radius 1 is 1.47 bits per heavy atom. The molecule has 0 aromatic heterocycles. The van der Waals surface area contributed by atoms with Crippen molar-refractivity contribution in [3.8, 4) is 0 Å². The molecule has 1 aliphatic heterocycles. The van der Waals surface area contributed by atoms with Crippen LogP contribution < -0.4 is 5.32 Å². The molecule has 0 saturated carbocycles. The molecule has 1 saturated heterocycles. The molecule has 1 heterocycles. The molecule has 1 aliphatic rings. The van der Waals surface area contributed by atoms with Crippen LogP contribution in [0, 0.1) is 5.92 Å². The molecule has 0 radical (unpaired) electrons. The van der Waals surface area contributed by atoms with Gasteiger partial charge in [-0.05, 0) is 5.92 Å². The fourth-order valence-corrected chi connectivity index (χ4v) is 3.34. The maximum atomic E-state index is 11.3. The second-order valence-electron chi connectivity index (χ2n) is 4.42. The molecule has 5 nitrogen and oxygen atoms in total. The van der Waals surface area contributed by atoms with Crippen LogP contribution in [0.3, 0.4) is 0 Å². The number of carbonyl (C=O) groups is 1. The van der Waals surface area contributed by atoms with Gasteiger partial charge in [-0.3, -0.25) is 4.79 Å². The minimum absolute atomic E-state index is 0.155. The highest BCUT2D eigenvalue weighted by atomic mass is 32.2. The molecular weight excluding hydrogens is 218 g/mol. The van der Waals surface area contributed by atoms with Crippen molar-refractivity contribution in [1.29, 1.82) is 0 Å². The first-order valence-corrected chi connectivity index (χ1v) is 6.80. The summed E-state index contributed by atoms with van der Waals surface area (Å²) in [4.78, 5) is 11.3. The molecule has 0 bridgehead atoms. The monoisotopic (exact) mass is 235 g/mol. The predicted octanol–water partition coefficient (Wildman–Crippen LogP) is -0.693. The van der Waals surface area contributed by atoms with E-state index in [2.05, 4.69) is 5.32 Å². The second-order valence-corrected chi connectivity index (χ2v) is 6.57. The molecule has 15 heavy (non-hydrogen) atoms. The van der Waals surface area contributed by atoms with Crippen LogP contribution in [0.15, 0.2) is 0 Å². The van der Waals surface area contributed by atoms with E-state index in [0.29, 0.717) is 6.42 Å². The number of carbonyl (C=O) groups excluding carboxylic acids is 1. The van der Waals surface area contributed by atoms with Crippen LogP contribution >= 0.6 is 0 Å². The zero-order chi connectivity index (χ0) is 11.6. The van der Waals surface area contributed by atoms with E-state index in [1.54, 1.807) is 0 Å². The smallest absolute Gasteiger partial charge is 0.220 e. The van der Waals surface area contributed by atoms with Crippen LogP contribution in [-0.4, -0.2) is 43.1 Å². The maximum absolute atomic E-state index is 11.3. The van der Waals surface area contributed by atoms with Crippen molar-refractivity contribution in [3.05, 3.63) is 0 Å². The van der Waals surface area contributed by atoms with E-state index in [1.807, 2.05) is 13.8 Å². The molecular formula is C9H17NO4S. The zero-order valence-corrected chi connectivity index (χ0v) is 9.75. The van der Waals surface area contributed by atoms with E-state index in [1.165, 1.54) is 0 Å². The standard InChI is InChI=1S/C9H17NO4S/c1-6(2)3-9(12)10-7-4-15(13,14)5-8(7)11/h6-8,11H,3-5H2,1-2H3,(H,10,12). The van der Waals surface area contributed by atoms with Gasteiger partial charge in [0.2, 0.25) is 5.91 Å². The lowest BCUT2D eigenvalue weighted by atomic mass is 10.1. The fraction of sp³-hybridized carbons (Fsp3) is 0.889. The van der Waals surface area contributed by atoms with Crippen molar-refractivity contribution in [2.24, 2.45) is 5.92 Å². The third-order valence-corrected chi connectivity index (χ3v) is 3.98. The predicted molar refractivity (Wildman–Crippen MR) is 56.0 cm³/mol. The molecule has 1 amide bonds. The molecule has 1 fully saturated rings. The number of amides is 1. The number of hydrogen-bond donors (Lipinski definition) is 2. The molecule has 0 aliphatic carbocycles. The van der Waals surface area contributed by atoms with Crippen molar-refractivity contribution in [1.82, 2.24) is 5.32 Å². The van der Waals surface area contributed by atoms with Crippen LogP contribution in [0.2, 0.25) is 0 Å². The van der Waals surface area contributed by atoms with Gasteiger partial charge in [-0.15, -0.1) is 0 Å². The number of hydrogen-bond acceptors (Lipinski definition) is 4. The van der Waals surface area contributed by atoms with Crippen molar-refractivity contribution < 1.29 is 18.3 Å². The van der Waals surface area contributed by atoms with Crippen molar-refractivity contribution in [2.45, 2.75) is 32.4 Å². The largest absolute Gasteiger partial charge is 0.390 e. The minimum atomic E-state index is -3.18. The summed E-state index contributed by atoms with van der Waals surface area (Å²) in [5, 5.41) is 12.0. The van der Waals surface area contributed by atoms with Crippen molar-refractivity contribution >= 4 is 15.7 Å². The molecule has 6 heteroatoms. The molecule has 88 valence electrons. The van der Waals surface area contributed by atoms with Gasteiger partial charge in [0.25, 0.3) is 0 Å². The summed E-state index contributed by atoms with van der Waals surface area (Å²) in [6.45, 7) is 3.81. The van der Waals surface area contributed by atoms with E-state index >= 15 is 0 Å². The topological polar surface area (TPSA) is 83.5 Å². The molecule has 0 spiro atoms. The first-order chi connectivity index (χ1) is 6.80. The lowest BCUT2D eigenvalue weighted by Crippen LogP contribution is -2.42. The lowest BCUT2D eigenvalue weighted by molar-refractivity contribution is -0.122. The molecule has 2 unspecified atom stereocenters. The maximum Gasteiger partial charge on any atom is 0.220 e. The summed E-state index contributed by atoms with van der Waals surface area (Å²) in [5.41, 5.74) is 0. The van der Waals surface area contributed by atoms with Crippen molar-refractivity contribution in [2.75, 3.05) is 11.5 Å². The highest BCUT2D eigenvalue weighted by Crippen LogP contribution is 2.13. The van der Waals surface area contributed by atoms with Gasteiger partial charge in [-0.25, -0.2) is 8.42 Å². The fourth-order valence-electron chi connectivity index (χ4n) is 1.60. The van der Waals surface area contributed by atoms with Gasteiger partial charge < -0.3 is 10.4 Å². The zero-order valence-electron chi connectivity index (χ0n) is 8.93. The van der Waals surface area contributed by atoms with Gasteiger partial charge in [0.15, 0.2) is 9.84 Å². The summed E-state index contributed by atoms with van der Waals surface area (Å²) >= 11 is 0. The number of aliphatic hydroxyl groups excluding tert-OH is 1. The van der Waals surface area contributed by atoms with Gasteiger partial charge in [0.1, 0.15) is 0 Å². The lowest BCUT2D eigenvalue weighted by Gasteiger charge is -2.15. The highest BCUT2D eigenvalue weighted by Gasteiger charge is 2.37. The van der Waals surface area contributed by atoms with Gasteiger partial charge in [-0.2, -0.15) is 0 Å². The van der Waals surface area contributed by atoms with E-state index in [4.69, 9.17) is 0 Å². The van der Waals surface area contributed by atoms with Crippen LogP contribution in [-0.2, 0) is 14.6 Å². The summed E-state index contributed by atoms with van der Waals surface area (Å²) in [7, 11) is -3.18. The van der Waals surface area contributed by atoms with Crippen molar-refractivity contribution in [3.63, 3.8) is 0 Å². The number of nitrogens with one attached hydrogen (secondary N) is 1. The first-order valence-electron chi connectivity index (χ1n) is 4.98. The van der Waals surface area contributed by atoms with Crippen LogP contribution in [0.5, 0.6) is 0 Å². The summed E-state index contributed by atoms with van der Waals surface area (Å²) < 4.78 is 22.3. The van der Waals surface area contributed by atoms with Crippen LogP contribution in [0.4, 0.5) is 0 Å². The Bertz CT molecular complexity index is 336. The first kappa shape index (κ1) is 12.4. The van der Waals surface area contributed by atoms with Gasteiger partial charge in [-0.1, -0.05) is 13.8 Å². The summed E-state index contributed by atoms with van der Waals surface area (Å²) in [6.07, 6.45) is -0.616. The van der Waals surface area contributed by atoms with Crippen LogP contribution in [0.25, 0.3) is 0 Å². The number of rotatable bonds is 3. The SMILES string of the molecule is CC(C)CC(=O)NC1CS(=O)(=O)CC1O. The number of sulfone groups is 1. The molecule has 2 atom stereocenters. The van der Waals surface area contributed by atoms with E-state index in [-0.39, 0.29) is 23.3 Å². The Kier molecular flexibility index (Phi) is 3.72. The van der Waals surface area contributed by atoms with Gasteiger partial charge in [0.05, 0.1) is 23.7 Å². The Balaban J connectivity index is 2.50. The summed E-state index contributed by atoms with van der Waals surface area (Å²) in [6, 6.07) is -0.638. The normalized spacial score (nSPS) is 29.3. The molecule has 2 N–H and O–H groups in total. The molecule has 0 aromatic carbocycles. The van der Waals surface area contributed by atoms with E-state index in [0.717, 1.165) is 0 Å². The quantitative estimate of drug-likeness (QED) is 0.678. The summed E-state index contributed by atoms with van der Waals surface area (Å²) in [5.74, 6) is -0.385. The highest BCUT2D eigenvalue weighted by molar-refractivity contribution is 7.91. The Morgan fingerprint density at radius 2 is 2.07 bits per heavy atom. The van der Waals surface area contributed by atoms with E-state index in [9.17, 15) is 18.3 Å².